The summed E-state index contributed by atoms with van der Waals surface area (Å²) in [5.74, 6) is -1.41. The molecule has 0 radical (unpaired) electrons. The van der Waals surface area contributed by atoms with E-state index in [4.69, 9.17) is 5.26 Å². The molecule has 1 aromatic rings. The first-order chi connectivity index (χ1) is 7.27. The van der Waals surface area contributed by atoms with Gasteiger partial charge in [0, 0.05) is 6.07 Å². The van der Waals surface area contributed by atoms with Gasteiger partial charge in [-0.25, -0.2) is 31.7 Å². The Hall–Kier alpha value is -1.66. The molecule has 0 aromatic carbocycles. The summed E-state index contributed by atoms with van der Waals surface area (Å²) in [4.78, 5) is 2.95. The molecule has 86 valence electrons. The largest absolute Gasteiger partial charge is 0.280 e. The van der Waals surface area contributed by atoms with Crippen molar-refractivity contribution in [2.45, 2.75) is 11.5 Å². The number of nitriles is 1. The second-order valence-electron chi connectivity index (χ2n) is 2.67. The molecule has 0 bridgehead atoms. The van der Waals surface area contributed by atoms with Gasteiger partial charge >= 0.3 is 0 Å². The molecule has 0 saturated carbocycles. The summed E-state index contributed by atoms with van der Waals surface area (Å²) in [7, 11) is -4.53. The van der Waals surface area contributed by atoms with Crippen molar-refractivity contribution in [1.29, 1.82) is 5.26 Å². The van der Waals surface area contributed by atoms with E-state index in [0.29, 0.717) is 0 Å². The highest BCUT2D eigenvalue weighted by Crippen LogP contribution is 2.22. The summed E-state index contributed by atoms with van der Waals surface area (Å²) in [6.07, 6.45) is -3.16. The van der Waals surface area contributed by atoms with Crippen LogP contribution in [0.3, 0.4) is 0 Å². The minimum absolute atomic E-state index is 0.290. The highest BCUT2D eigenvalue weighted by molar-refractivity contribution is 7.89. The summed E-state index contributed by atoms with van der Waals surface area (Å²) >= 11 is 0. The van der Waals surface area contributed by atoms with E-state index in [1.165, 1.54) is 6.07 Å². The molecule has 5 nitrogen and oxygen atoms in total. The van der Waals surface area contributed by atoms with Crippen LogP contribution in [0.4, 0.5) is 13.2 Å². The number of primary sulfonamides is 1. The van der Waals surface area contributed by atoms with Crippen LogP contribution in [-0.4, -0.2) is 13.4 Å². The van der Waals surface area contributed by atoms with Crippen LogP contribution >= 0.6 is 0 Å². The number of nitrogens with two attached hydrogens (primary N) is 1. The summed E-state index contributed by atoms with van der Waals surface area (Å²) in [5, 5.41) is 11.9. The van der Waals surface area contributed by atoms with Crippen LogP contribution in [0.25, 0.3) is 0 Å². The summed E-state index contributed by atoms with van der Waals surface area (Å²) < 4.78 is 59.3. The van der Waals surface area contributed by atoms with Gasteiger partial charge in [0.05, 0.1) is 0 Å². The fraction of sp³-hybridized carbons (Fsp3) is 0.143. The van der Waals surface area contributed by atoms with Crippen LogP contribution in [0.1, 0.15) is 17.7 Å². The zero-order valence-electron chi connectivity index (χ0n) is 7.49. The van der Waals surface area contributed by atoms with Gasteiger partial charge in [0.1, 0.15) is 23.1 Å². The molecule has 0 aliphatic heterocycles. The van der Waals surface area contributed by atoms with Gasteiger partial charge in [0.25, 0.3) is 16.4 Å². The Kier molecular flexibility index (Phi) is 3.16. The Morgan fingerprint density at radius 2 is 2.06 bits per heavy atom. The molecule has 0 aliphatic carbocycles. The molecular formula is C7H4F3N3O2S. The average molecular weight is 251 g/mol. The number of sulfonamides is 1. The maximum atomic E-state index is 13.1. The molecule has 0 spiro atoms. The lowest BCUT2D eigenvalue weighted by Crippen LogP contribution is -2.17. The van der Waals surface area contributed by atoms with E-state index < -0.39 is 38.5 Å². The maximum absolute atomic E-state index is 13.1. The van der Waals surface area contributed by atoms with E-state index >= 15 is 0 Å². The number of nitrogens with zero attached hydrogens (tertiary/aromatic N) is 2. The van der Waals surface area contributed by atoms with E-state index in [1.54, 1.807) is 0 Å². The van der Waals surface area contributed by atoms with Gasteiger partial charge in [-0.1, -0.05) is 0 Å². The van der Waals surface area contributed by atoms with E-state index in [9.17, 15) is 21.6 Å². The van der Waals surface area contributed by atoms with Crippen LogP contribution in [0.15, 0.2) is 11.1 Å². The molecule has 0 saturated heterocycles. The molecule has 0 amide bonds. The molecule has 0 fully saturated rings. The maximum Gasteiger partial charge on any atom is 0.280 e. The van der Waals surface area contributed by atoms with Crippen LogP contribution in [0, 0.1) is 17.1 Å². The molecule has 0 aliphatic rings. The van der Waals surface area contributed by atoms with Crippen molar-refractivity contribution in [3.05, 3.63) is 23.1 Å². The Balaban J connectivity index is 3.64. The highest BCUT2D eigenvalue weighted by atomic mass is 32.2. The molecule has 9 heteroatoms. The fourth-order valence-corrected chi connectivity index (χ4v) is 1.59. The number of halogens is 3. The first kappa shape index (κ1) is 12.4. The smallest absolute Gasteiger partial charge is 0.233 e. The van der Waals surface area contributed by atoms with Gasteiger partial charge in [0.2, 0.25) is 0 Å². The van der Waals surface area contributed by atoms with Gasteiger partial charge in [-0.2, -0.15) is 5.26 Å². The SMILES string of the molecule is N#Cc1c(F)cc(C(F)F)nc1S(N)(=O)=O. The monoisotopic (exact) mass is 251 g/mol. The van der Waals surface area contributed by atoms with Crippen molar-refractivity contribution in [3.63, 3.8) is 0 Å². The Morgan fingerprint density at radius 3 is 2.44 bits per heavy atom. The van der Waals surface area contributed by atoms with Crippen LogP contribution < -0.4 is 5.14 Å². The van der Waals surface area contributed by atoms with Gasteiger partial charge < -0.3 is 0 Å². The van der Waals surface area contributed by atoms with E-state index in [2.05, 4.69) is 10.1 Å². The third kappa shape index (κ3) is 2.29. The summed E-state index contributed by atoms with van der Waals surface area (Å²) in [6.45, 7) is 0. The Morgan fingerprint density at radius 1 is 1.50 bits per heavy atom. The topological polar surface area (TPSA) is 96.8 Å². The second kappa shape index (κ2) is 4.07. The van der Waals surface area contributed by atoms with Crippen molar-refractivity contribution in [1.82, 2.24) is 4.98 Å². The zero-order chi connectivity index (χ0) is 12.5. The predicted molar refractivity (Wildman–Crippen MR) is 45.2 cm³/mol. The van der Waals surface area contributed by atoms with Crippen molar-refractivity contribution >= 4 is 10.0 Å². The third-order valence-electron chi connectivity index (χ3n) is 1.56. The number of aromatic nitrogens is 1. The minimum atomic E-state index is -4.53. The van der Waals surface area contributed by atoms with Gasteiger partial charge in [-0.05, 0) is 0 Å². The molecule has 0 atom stereocenters. The van der Waals surface area contributed by atoms with Crippen molar-refractivity contribution in [2.24, 2.45) is 5.14 Å². The normalized spacial score (nSPS) is 11.5. The first-order valence-electron chi connectivity index (χ1n) is 3.69. The lowest BCUT2D eigenvalue weighted by atomic mass is 10.2. The van der Waals surface area contributed by atoms with Crippen LogP contribution in [-0.2, 0) is 10.0 Å². The number of rotatable bonds is 2. The van der Waals surface area contributed by atoms with Crippen molar-refractivity contribution in [2.75, 3.05) is 0 Å². The lowest BCUT2D eigenvalue weighted by Gasteiger charge is -2.05. The van der Waals surface area contributed by atoms with Gasteiger partial charge in [-0.15, -0.1) is 0 Å². The van der Waals surface area contributed by atoms with Gasteiger partial charge in [-0.3, -0.25) is 0 Å². The average Bonchev–Trinajstić information content (AvgIpc) is 2.14. The first-order valence-corrected chi connectivity index (χ1v) is 5.23. The third-order valence-corrected chi connectivity index (χ3v) is 2.40. The molecule has 2 N–H and O–H groups in total. The predicted octanol–water partition coefficient (Wildman–Crippen LogP) is 0.677. The molecule has 1 aromatic heterocycles. The van der Waals surface area contributed by atoms with E-state index in [0.717, 1.165) is 0 Å². The molecule has 0 unspecified atom stereocenters. The van der Waals surface area contributed by atoms with E-state index in [-0.39, 0.29) is 6.07 Å². The number of hydrogen-bond donors (Lipinski definition) is 1. The number of alkyl halides is 2. The van der Waals surface area contributed by atoms with E-state index in [1.807, 2.05) is 0 Å². The van der Waals surface area contributed by atoms with Crippen LogP contribution in [0.5, 0.6) is 0 Å². The second-order valence-corrected chi connectivity index (χ2v) is 4.14. The van der Waals surface area contributed by atoms with Crippen molar-refractivity contribution < 1.29 is 21.6 Å². The Bertz CT molecular complexity index is 565. The molecule has 1 rings (SSSR count). The standard InChI is InChI=1S/C7H4F3N3O2S/c8-4-1-5(6(9)10)13-7(3(4)2-11)16(12,14)15/h1,6H,(H2,12,14,15). The fourth-order valence-electron chi connectivity index (χ4n) is 0.928. The van der Waals surface area contributed by atoms with Gasteiger partial charge in [0.15, 0.2) is 5.03 Å². The molecule has 1 heterocycles. The molecular weight excluding hydrogens is 247 g/mol. The molecule has 16 heavy (non-hydrogen) atoms. The van der Waals surface area contributed by atoms with Crippen molar-refractivity contribution in [3.8, 4) is 6.07 Å². The Labute approximate surface area is 88.4 Å². The summed E-state index contributed by atoms with van der Waals surface area (Å²) in [5.41, 5.74) is -2.08. The quantitative estimate of drug-likeness (QED) is 0.835. The highest BCUT2D eigenvalue weighted by Gasteiger charge is 2.23. The lowest BCUT2D eigenvalue weighted by molar-refractivity contribution is 0.144. The summed E-state index contributed by atoms with van der Waals surface area (Å²) in [6, 6.07) is 1.48. The number of hydrogen-bond acceptors (Lipinski definition) is 4. The zero-order valence-corrected chi connectivity index (χ0v) is 8.30. The van der Waals surface area contributed by atoms with Crippen LogP contribution in [0.2, 0.25) is 0 Å². The minimum Gasteiger partial charge on any atom is -0.233 e. The number of pyridine rings is 1.